The van der Waals surface area contributed by atoms with Crippen LogP contribution in [0.2, 0.25) is 0 Å². The van der Waals surface area contributed by atoms with Gasteiger partial charge in [-0.15, -0.1) is 0 Å². The SMILES string of the molecule is C[NH+](C)C[C@@H](NC(=O)CNC(=O)c1ccccc1F)c1ccccc1. The molecule has 0 unspecified atom stereocenters. The zero-order chi connectivity index (χ0) is 18.2. The first-order chi connectivity index (χ1) is 12.0. The van der Waals surface area contributed by atoms with Gasteiger partial charge >= 0.3 is 0 Å². The number of likely N-dealkylation sites (N-methyl/N-ethyl adjacent to an activating group) is 1. The van der Waals surface area contributed by atoms with Crippen molar-refractivity contribution in [1.82, 2.24) is 10.6 Å². The van der Waals surface area contributed by atoms with E-state index in [4.69, 9.17) is 0 Å². The summed E-state index contributed by atoms with van der Waals surface area (Å²) in [6, 6.07) is 15.2. The lowest BCUT2D eigenvalue weighted by Crippen LogP contribution is -3.06. The minimum atomic E-state index is -0.612. The number of hydrogen-bond donors (Lipinski definition) is 3. The molecule has 25 heavy (non-hydrogen) atoms. The van der Waals surface area contributed by atoms with Crippen LogP contribution in [0.5, 0.6) is 0 Å². The first-order valence-electron chi connectivity index (χ1n) is 8.13. The molecule has 0 saturated heterocycles. The van der Waals surface area contributed by atoms with Crippen molar-refractivity contribution >= 4 is 11.8 Å². The van der Waals surface area contributed by atoms with Crippen LogP contribution in [0.15, 0.2) is 54.6 Å². The van der Waals surface area contributed by atoms with Crippen molar-refractivity contribution in [3.63, 3.8) is 0 Å². The van der Waals surface area contributed by atoms with Gasteiger partial charge in [0.05, 0.1) is 26.2 Å². The second kappa shape index (κ2) is 8.94. The molecule has 2 aromatic rings. The lowest BCUT2D eigenvalue weighted by atomic mass is 10.1. The highest BCUT2D eigenvalue weighted by atomic mass is 19.1. The van der Waals surface area contributed by atoms with Crippen molar-refractivity contribution in [3.05, 3.63) is 71.5 Å². The molecule has 0 bridgehead atoms. The van der Waals surface area contributed by atoms with E-state index in [1.807, 2.05) is 44.4 Å². The van der Waals surface area contributed by atoms with Gasteiger partial charge in [0.1, 0.15) is 18.4 Å². The highest BCUT2D eigenvalue weighted by Gasteiger charge is 2.18. The number of carbonyl (C=O) groups excluding carboxylic acids is 2. The van der Waals surface area contributed by atoms with Gasteiger partial charge in [-0.2, -0.15) is 0 Å². The molecule has 0 spiro atoms. The summed E-state index contributed by atoms with van der Waals surface area (Å²) in [6.45, 7) is 0.496. The van der Waals surface area contributed by atoms with E-state index < -0.39 is 11.7 Å². The van der Waals surface area contributed by atoms with Crippen LogP contribution in [0.3, 0.4) is 0 Å². The third kappa shape index (κ3) is 5.69. The maximum absolute atomic E-state index is 13.6. The van der Waals surface area contributed by atoms with Crippen LogP contribution in [-0.2, 0) is 4.79 Å². The molecular weight excluding hydrogens is 321 g/mol. The topological polar surface area (TPSA) is 62.6 Å². The average Bonchev–Trinajstić information content (AvgIpc) is 2.60. The van der Waals surface area contributed by atoms with Gasteiger partial charge in [0.2, 0.25) is 5.91 Å². The summed E-state index contributed by atoms with van der Waals surface area (Å²) >= 11 is 0. The highest BCUT2D eigenvalue weighted by molar-refractivity contribution is 5.96. The number of amides is 2. The molecule has 1 atom stereocenters. The maximum atomic E-state index is 13.6. The lowest BCUT2D eigenvalue weighted by Gasteiger charge is -2.21. The highest BCUT2D eigenvalue weighted by Crippen LogP contribution is 2.10. The molecule has 0 aromatic heterocycles. The van der Waals surface area contributed by atoms with Gasteiger partial charge in [-0.25, -0.2) is 4.39 Å². The van der Waals surface area contributed by atoms with Crippen molar-refractivity contribution in [2.45, 2.75) is 6.04 Å². The molecule has 2 amide bonds. The maximum Gasteiger partial charge on any atom is 0.254 e. The minimum Gasteiger partial charge on any atom is -0.343 e. The van der Waals surface area contributed by atoms with Crippen LogP contribution in [0.25, 0.3) is 0 Å². The van der Waals surface area contributed by atoms with Crippen LogP contribution in [-0.4, -0.2) is 39.0 Å². The molecule has 2 rings (SSSR count). The largest absolute Gasteiger partial charge is 0.343 e. The molecule has 5 nitrogen and oxygen atoms in total. The van der Waals surface area contributed by atoms with Gasteiger partial charge in [0.15, 0.2) is 0 Å². The molecule has 0 saturated carbocycles. The molecule has 6 heteroatoms. The number of nitrogens with one attached hydrogen (secondary N) is 3. The molecule has 0 aliphatic heterocycles. The van der Waals surface area contributed by atoms with Crippen LogP contribution < -0.4 is 15.5 Å². The average molecular weight is 344 g/mol. The minimum absolute atomic E-state index is 0.0763. The summed E-state index contributed by atoms with van der Waals surface area (Å²) in [4.78, 5) is 25.4. The van der Waals surface area contributed by atoms with Crippen LogP contribution in [0.4, 0.5) is 4.39 Å². The lowest BCUT2D eigenvalue weighted by molar-refractivity contribution is -0.860. The van der Waals surface area contributed by atoms with E-state index in [1.165, 1.54) is 23.1 Å². The smallest absolute Gasteiger partial charge is 0.254 e. The Morgan fingerprint density at radius 1 is 1.04 bits per heavy atom. The van der Waals surface area contributed by atoms with Crippen molar-refractivity contribution in [2.24, 2.45) is 0 Å². The second-order valence-corrected chi connectivity index (χ2v) is 6.10. The number of hydrogen-bond acceptors (Lipinski definition) is 2. The fourth-order valence-electron chi connectivity index (χ4n) is 2.49. The molecule has 0 aliphatic carbocycles. The Balaban J connectivity index is 1.95. The van der Waals surface area contributed by atoms with E-state index in [0.29, 0.717) is 6.54 Å². The molecule has 132 valence electrons. The number of quaternary nitrogens is 1. The molecule has 0 aliphatic rings. The van der Waals surface area contributed by atoms with E-state index in [2.05, 4.69) is 10.6 Å². The predicted molar refractivity (Wildman–Crippen MR) is 93.7 cm³/mol. The Morgan fingerprint density at radius 3 is 2.32 bits per heavy atom. The summed E-state index contributed by atoms with van der Waals surface area (Å²) < 4.78 is 13.6. The van der Waals surface area contributed by atoms with Crippen molar-refractivity contribution in [3.8, 4) is 0 Å². The monoisotopic (exact) mass is 344 g/mol. The van der Waals surface area contributed by atoms with E-state index in [9.17, 15) is 14.0 Å². The molecule has 0 heterocycles. The van der Waals surface area contributed by atoms with Gasteiger partial charge < -0.3 is 15.5 Å². The van der Waals surface area contributed by atoms with E-state index in [1.54, 1.807) is 6.07 Å². The van der Waals surface area contributed by atoms with Crippen molar-refractivity contribution < 1.29 is 18.9 Å². The van der Waals surface area contributed by atoms with E-state index in [-0.39, 0.29) is 24.1 Å². The van der Waals surface area contributed by atoms with E-state index in [0.717, 1.165) is 5.56 Å². The normalized spacial score (nSPS) is 11.8. The zero-order valence-corrected chi connectivity index (χ0v) is 14.4. The Morgan fingerprint density at radius 2 is 1.68 bits per heavy atom. The third-order valence-corrected chi connectivity index (χ3v) is 3.68. The quantitative estimate of drug-likeness (QED) is 0.687. The third-order valence-electron chi connectivity index (χ3n) is 3.68. The van der Waals surface area contributed by atoms with Gasteiger partial charge in [0.25, 0.3) is 5.91 Å². The number of benzene rings is 2. The standard InChI is InChI=1S/C19H22FN3O2/c1-23(2)13-17(14-8-4-3-5-9-14)22-18(24)12-21-19(25)15-10-6-7-11-16(15)20/h3-11,17H,12-13H2,1-2H3,(H,21,25)(H,22,24)/p+1/t17-/m1/s1. The second-order valence-electron chi connectivity index (χ2n) is 6.10. The number of carbonyl (C=O) groups is 2. The van der Waals surface area contributed by atoms with Crippen molar-refractivity contribution in [1.29, 1.82) is 0 Å². The van der Waals surface area contributed by atoms with Gasteiger partial charge in [-0.1, -0.05) is 42.5 Å². The van der Waals surface area contributed by atoms with Crippen LogP contribution in [0, 0.1) is 5.82 Å². The van der Waals surface area contributed by atoms with Crippen molar-refractivity contribution in [2.75, 3.05) is 27.2 Å². The van der Waals surface area contributed by atoms with Gasteiger partial charge in [-0.05, 0) is 17.7 Å². The summed E-state index contributed by atoms with van der Waals surface area (Å²) in [6.07, 6.45) is 0. The van der Waals surface area contributed by atoms with E-state index >= 15 is 0 Å². The fourth-order valence-corrected chi connectivity index (χ4v) is 2.49. The predicted octanol–water partition coefficient (Wildman–Crippen LogP) is 0.558. The Bertz CT molecular complexity index is 720. The Hall–Kier alpha value is -2.73. The first kappa shape index (κ1) is 18.6. The Kier molecular flexibility index (Phi) is 6.65. The van der Waals surface area contributed by atoms with Crippen LogP contribution >= 0.6 is 0 Å². The summed E-state index contributed by atoms with van der Waals surface area (Å²) in [5.41, 5.74) is 0.921. The van der Waals surface area contributed by atoms with Gasteiger partial charge in [0, 0.05) is 0 Å². The number of rotatable bonds is 7. The summed E-state index contributed by atoms with van der Waals surface area (Å²) in [7, 11) is 4.00. The zero-order valence-electron chi connectivity index (χ0n) is 14.4. The molecule has 0 fully saturated rings. The molecular formula is C19H23FN3O2+. The first-order valence-corrected chi connectivity index (χ1v) is 8.13. The summed E-state index contributed by atoms with van der Waals surface area (Å²) in [5, 5.41) is 5.37. The Labute approximate surface area is 146 Å². The summed E-state index contributed by atoms with van der Waals surface area (Å²) in [5.74, 6) is -1.54. The fraction of sp³-hybridized carbons (Fsp3) is 0.263. The molecule has 3 N–H and O–H groups in total. The molecule has 0 radical (unpaired) electrons. The van der Waals surface area contributed by atoms with Gasteiger partial charge in [-0.3, -0.25) is 9.59 Å². The molecule has 2 aromatic carbocycles. The van der Waals surface area contributed by atoms with Crippen LogP contribution in [0.1, 0.15) is 22.0 Å². The number of halogens is 1.